The summed E-state index contributed by atoms with van der Waals surface area (Å²) in [5.74, 6) is 0.739. The Morgan fingerprint density at radius 2 is 0.729 bits per heavy atom. The molecule has 0 saturated heterocycles. The summed E-state index contributed by atoms with van der Waals surface area (Å²) in [6.07, 6.45) is -1.99. The predicted molar refractivity (Wildman–Crippen MR) is 193 cm³/mol. The molecule has 0 aliphatic rings. The zero-order valence-corrected chi connectivity index (χ0v) is 27.2. The van der Waals surface area contributed by atoms with Crippen LogP contribution < -0.4 is 32.3 Å². The van der Waals surface area contributed by atoms with Crippen molar-refractivity contribution in [1.29, 1.82) is 0 Å². The van der Waals surface area contributed by atoms with E-state index in [1.807, 2.05) is 97.1 Å². The van der Waals surface area contributed by atoms with E-state index in [9.17, 15) is 29.4 Å². The van der Waals surface area contributed by atoms with Gasteiger partial charge in [-0.15, -0.1) is 23.5 Å². The Morgan fingerprint density at radius 3 is 1.04 bits per heavy atom. The lowest BCUT2D eigenvalue weighted by molar-refractivity contribution is 0.154. The molecule has 6 aromatic rings. The van der Waals surface area contributed by atoms with E-state index >= 15 is 0 Å². The van der Waals surface area contributed by atoms with E-state index in [0.29, 0.717) is 22.6 Å². The van der Waals surface area contributed by atoms with E-state index in [1.165, 1.54) is 23.5 Å². The minimum Gasteiger partial charge on any atom is -0.386 e. The van der Waals surface area contributed by atoms with Gasteiger partial charge in [0.1, 0.15) is 23.6 Å². The zero-order chi connectivity index (χ0) is 33.6. The fourth-order valence-corrected chi connectivity index (χ4v) is 7.69. The van der Waals surface area contributed by atoms with E-state index in [0.717, 1.165) is 11.1 Å². The van der Waals surface area contributed by atoms with Crippen molar-refractivity contribution >= 4 is 34.9 Å². The molecular weight excluding hydrogens is 645 g/mol. The number of rotatable bonds is 15. The predicted octanol–water partition coefficient (Wildman–Crippen LogP) is 5.54. The summed E-state index contributed by atoms with van der Waals surface area (Å²) < 4.78 is 0. The summed E-state index contributed by atoms with van der Waals surface area (Å²) in [5.41, 5.74) is 0.605. The molecule has 4 atom stereocenters. The highest BCUT2D eigenvalue weighted by molar-refractivity contribution is 8.03. The molecule has 48 heavy (non-hydrogen) atoms. The first kappa shape index (κ1) is 33.2. The molecule has 0 radical (unpaired) electrons. The van der Waals surface area contributed by atoms with Crippen LogP contribution in [0.3, 0.4) is 0 Å². The number of benzene rings is 4. The molecule has 6 aromatic carbocycles. The second-order valence-corrected chi connectivity index (χ2v) is 13.4. The fourth-order valence-electron chi connectivity index (χ4n) is 5.57. The van der Waals surface area contributed by atoms with Gasteiger partial charge in [0.05, 0.1) is 21.9 Å². The molecule has 0 saturated carbocycles. The summed E-state index contributed by atoms with van der Waals surface area (Å²) in [5, 5.41) is 28.8. The third kappa shape index (κ3) is 6.93. The number of hydrogen-bond acceptors (Lipinski definition) is 10. The molecule has 0 heterocycles. The third-order valence-electron chi connectivity index (χ3n) is 8.14. The van der Waals surface area contributed by atoms with Crippen LogP contribution in [-0.4, -0.2) is 21.7 Å². The molecular formula is C38H32N2O6S2. The molecule has 8 nitrogen and oxygen atoms in total. The topological polar surface area (TPSA) is 133 Å². The first-order valence-corrected chi connectivity index (χ1v) is 17.3. The van der Waals surface area contributed by atoms with E-state index in [1.54, 1.807) is 24.3 Å². The summed E-state index contributed by atoms with van der Waals surface area (Å²) >= 11 is 2.37. The van der Waals surface area contributed by atoms with Gasteiger partial charge in [0.25, 0.3) is 10.9 Å². The maximum Gasteiger partial charge on any atom is 0.251 e. The molecule has 0 aliphatic heterocycles. The molecule has 0 unspecified atom stereocenters. The molecule has 10 heteroatoms. The van der Waals surface area contributed by atoms with Crippen LogP contribution in [0.25, 0.3) is 0 Å². The average Bonchev–Trinajstić information content (AvgIpc) is 3.15. The van der Waals surface area contributed by atoms with Crippen LogP contribution in [0, 0.1) is 0 Å². The number of anilines is 2. The minimum absolute atomic E-state index is 0.149. The largest absolute Gasteiger partial charge is 0.386 e. The third-order valence-corrected chi connectivity index (χ3v) is 10.6. The zero-order valence-electron chi connectivity index (χ0n) is 25.6. The normalized spacial score (nSPS) is 14.0. The Balaban J connectivity index is 1.15. The fraction of sp³-hybridized carbons (Fsp3) is 0.158. The average molecular weight is 677 g/mol. The highest BCUT2D eigenvalue weighted by Gasteiger charge is 2.31. The van der Waals surface area contributed by atoms with Gasteiger partial charge in [0.15, 0.2) is 0 Å². The van der Waals surface area contributed by atoms with Crippen LogP contribution >= 0.6 is 23.5 Å². The van der Waals surface area contributed by atoms with Crippen LogP contribution in [0.5, 0.6) is 0 Å². The van der Waals surface area contributed by atoms with Crippen molar-refractivity contribution < 1.29 is 10.2 Å². The van der Waals surface area contributed by atoms with Crippen molar-refractivity contribution in [2.75, 3.05) is 22.1 Å². The van der Waals surface area contributed by atoms with Crippen LogP contribution in [-0.2, 0) is 0 Å². The second-order valence-electron chi connectivity index (χ2n) is 11.2. The Labute approximate surface area is 284 Å². The van der Waals surface area contributed by atoms with Crippen molar-refractivity contribution in [3.8, 4) is 0 Å². The van der Waals surface area contributed by atoms with E-state index in [-0.39, 0.29) is 21.2 Å². The van der Waals surface area contributed by atoms with Gasteiger partial charge in [-0.05, 0) is 22.3 Å². The van der Waals surface area contributed by atoms with Crippen molar-refractivity contribution in [3.63, 3.8) is 0 Å². The Bertz CT molecular complexity index is 1960. The lowest BCUT2D eigenvalue weighted by Gasteiger charge is -2.27. The van der Waals surface area contributed by atoms with Gasteiger partial charge in [-0.1, -0.05) is 121 Å². The lowest BCUT2D eigenvalue weighted by atomic mass is 9.95. The monoisotopic (exact) mass is 676 g/mol. The Morgan fingerprint density at radius 1 is 0.438 bits per heavy atom. The first-order valence-electron chi connectivity index (χ1n) is 15.4. The molecule has 4 N–H and O–H groups in total. The number of thioether (sulfide) groups is 2. The Hall–Kier alpha value is -4.74. The van der Waals surface area contributed by atoms with Gasteiger partial charge in [0, 0.05) is 11.5 Å². The van der Waals surface area contributed by atoms with Crippen LogP contribution in [0.1, 0.15) is 46.5 Å². The van der Waals surface area contributed by atoms with E-state index in [4.69, 9.17) is 0 Å². The van der Waals surface area contributed by atoms with Crippen LogP contribution in [0.15, 0.2) is 150 Å². The van der Waals surface area contributed by atoms with Gasteiger partial charge >= 0.3 is 0 Å². The van der Waals surface area contributed by atoms with Crippen LogP contribution in [0.4, 0.5) is 11.4 Å². The highest BCUT2D eigenvalue weighted by atomic mass is 32.2. The lowest BCUT2D eigenvalue weighted by Crippen LogP contribution is -2.38. The second kappa shape index (κ2) is 15.0. The Kier molecular flexibility index (Phi) is 10.4. The molecule has 6 rings (SSSR count). The van der Waals surface area contributed by atoms with Gasteiger partial charge in [-0.2, -0.15) is 0 Å². The molecule has 0 fully saturated rings. The molecule has 0 bridgehead atoms. The van der Waals surface area contributed by atoms with Crippen molar-refractivity contribution in [1.82, 2.24) is 0 Å². The molecule has 242 valence electrons. The minimum atomic E-state index is -0.994. The summed E-state index contributed by atoms with van der Waals surface area (Å²) in [6.45, 7) is 0. The number of hydrogen-bond donors (Lipinski definition) is 4. The quantitative estimate of drug-likeness (QED) is 0.0625. The summed E-state index contributed by atoms with van der Waals surface area (Å²) in [6, 6.07) is 35.2. The number of nitrogens with one attached hydrogen (secondary N) is 2. The maximum atomic E-state index is 12.7. The smallest absolute Gasteiger partial charge is 0.251 e. The van der Waals surface area contributed by atoms with Crippen molar-refractivity contribution in [3.05, 3.63) is 184 Å². The maximum absolute atomic E-state index is 12.7. The molecule has 0 aliphatic carbocycles. The molecule has 0 aromatic heterocycles. The summed E-state index contributed by atoms with van der Waals surface area (Å²) in [7, 11) is 0. The van der Waals surface area contributed by atoms with Crippen molar-refractivity contribution in [2.24, 2.45) is 0 Å². The van der Waals surface area contributed by atoms with Gasteiger partial charge in [0.2, 0.25) is 10.9 Å². The van der Waals surface area contributed by atoms with Gasteiger partial charge in [-0.3, -0.25) is 19.2 Å². The highest BCUT2D eigenvalue weighted by Crippen LogP contribution is 2.36. The number of aliphatic hydroxyl groups is 2. The van der Waals surface area contributed by atoms with E-state index in [2.05, 4.69) is 10.6 Å². The number of aliphatic hydroxyl groups excluding tert-OH is 2. The molecule has 0 spiro atoms. The standard InChI is InChI=1S/C38H32N2O6S2/c41-31(25-17-9-3-10-18-25)27(23-13-5-1-6-14-23)39-29-33(43)35(45)37(29)47-21-22-48-38-30(34(44)36(38)46)40-28(24-15-7-2-8-16-24)32(42)26-19-11-4-12-20-26/h1-20,27-28,31-32,39-42H,21-22H2/t27-,28-,31+,32+/m0/s1. The van der Waals surface area contributed by atoms with Crippen molar-refractivity contribution in [2.45, 2.75) is 34.1 Å². The first-order chi connectivity index (χ1) is 23.3. The molecule has 0 amide bonds. The van der Waals surface area contributed by atoms with Gasteiger partial charge < -0.3 is 20.8 Å². The van der Waals surface area contributed by atoms with Crippen LogP contribution in [0.2, 0.25) is 0 Å². The summed E-state index contributed by atoms with van der Waals surface area (Å²) in [4.78, 5) is 51.2. The SMILES string of the molecule is O=c1c(N[C@@H](c2ccccc2)[C@H](O)c2ccccc2)c(SCCSc2c(N[C@@H](c3ccccc3)[C@H](O)c3ccccc3)c(=O)c2=O)c1=O. The van der Waals surface area contributed by atoms with E-state index < -0.39 is 46.0 Å². The van der Waals surface area contributed by atoms with Gasteiger partial charge in [-0.25, -0.2) is 0 Å².